The number of ketones is 1. The Morgan fingerprint density at radius 1 is 0.864 bits per heavy atom. The van der Waals surface area contributed by atoms with Gasteiger partial charge < -0.3 is 19.7 Å². The second kappa shape index (κ2) is 11.1. The molecule has 0 aromatic heterocycles. The van der Waals surface area contributed by atoms with E-state index in [9.17, 15) is 24.6 Å². The molecule has 0 radical (unpaired) electrons. The zero-order valence-corrected chi connectivity index (χ0v) is 13.3. The largest absolute Gasteiger partial charge is 0.469 e. The molecule has 7 nitrogen and oxygen atoms in total. The van der Waals surface area contributed by atoms with E-state index < -0.39 is 24.0 Å². The number of Topliss-reactive ketones (excluding diaryl/α,β-unsaturated/α-hetero) is 1. The molecule has 0 aliphatic carbocycles. The number of esters is 2. The minimum atomic E-state index is -1.89. The molecule has 0 saturated carbocycles. The Bertz CT molecular complexity index is 367. The maximum absolute atomic E-state index is 11.9. The van der Waals surface area contributed by atoms with Crippen LogP contribution < -0.4 is 0 Å². The molecule has 0 aromatic rings. The molecular formula is C15H26O7. The standard InChI is InChI=1S/C15H26O7/c1-21-13(18)8-6-4-3-5-7-12(17)15(20,11-16)10-9-14(19)22-2/h16,20H,3-11H2,1-2H3. The van der Waals surface area contributed by atoms with Gasteiger partial charge in [0.15, 0.2) is 5.78 Å². The van der Waals surface area contributed by atoms with Gasteiger partial charge in [0.2, 0.25) is 0 Å². The Labute approximate surface area is 130 Å². The number of unbranched alkanes of at least 4 members (excludes halogenated alkanes) is 3. The van der Waals surface area contributed by atoms with Crippen molar-refractivity contribution in [3.8, 4) is 0 Å². The van der Waals surface area contributed by atoms with E-state index in [0.29, 0.717) is 19.3 Å². The van der Waals surface area contributed by atoms with Crippen molar-refractivity contribution >= 4 is 17.7 Å². The van der Waals surface area contributed by atoms with Gasteiger partial charge >= 0.3 is 11.9 Å². The third-order valence-corrected chi connectivity index (χ3v) is 3.51. The Balaban J connectivity index is 4.00. The maximum atomic E-state index is 11.9. The molecule has 0 aliphatic rings. The molecule has 0 saturated heterocycles. The number of hydrogen-bond acceptors (Lipinski definition) is 7. The number of methoxy groups -OCH3 is 2. The fraction of sp³-hybridized carbons (Fsp3) is 0.800. The molecule has 0 aromatic carbocycles. The fourth-order valence-corrected chi connectivity index (χ4v) is 1.96. The van der Waals surface area contributed by atoms with Crippen LogP contribution in [0.2, 0.25) is 0 Å². The van der Waals surface area contributed by atoms with Crippen LogP contribution in [0.25, 0.3) is 0 Å². The van der Waals surface area contributed by atoms with Crippen LogP contribution >= 0.6 is 0 Å². The lowest BCUT2D eigenvalue weighted by Crippen LogP contribution is -2.42. The molecule has 0 fully saturated rings. The smallest absolute Gasteiger partial charge is 0.305 e. The summed E-state index contributed by atoms with van der Waals surface area (Å²) in [6.07, 6.45) is 2.95. The molecule has 22 heavy (non-hydrogen) atoms. The summed E-state index contributed by atoms with van der Waals surface area (Å²) in [5, 5.41) is 19.3. The molecule has 0 spiro atoms. The number of aliphatic hydroxyl groups is 2. The average molecular weight is 318 g/mol. The van der Waals surface area contributed by atoms with Crippen molar-refractivity contribution in [1.29, 1.82) is 0 Å². The maximum Gasteiger partial charge on any atom is 0.305 e. The number of carbonyl (C=O) groups excluding carboxylic acids is 3. The number of hydrogen-bond donors (Lipinski definition) is 2. The first-order chi connectivity index (χ1) is 10.4. The third kappa shape index (κ3) is 8.09. The van der Waals surface area contributed by atoms with Crippen molar-refractivity contribution in [3.63, 3.8) is 0 Å². The molecule has 128 valence electrons. The van der Waals surface area contributed by atoms with E-state index in [1.807, 2.05) is 0 Å². The number of rotatable bonds is 12. The monoisotopic (exact) mass is 318 g/mol. The highest BCUT2D eigenvalue weighted by atomic mass is 16.5. The molecule has 0 amide bonds. The molecule has 0 aliphatic heterocycles. The van der Waals surface area contributed by atoms with Gasteiger partial charge in [-0.15, -0.1) is 0 Å². The van der Waals surface area contributed by atoms with Crippen LogP contribution in [0.15, 0.2) is 0 Å². The summed E-state index contributed by atoms with van der Waals surface area (Å²) in [5.74, 6) is -1.28. The van der Waals surface area contributed by atoms with Crippen molar-refractivity contribution in [3.05, 3.63) is 0 Å². The van der Waals surface area contributed by atoms with Crippen LogP contribution in [0.1, 0.15) is 51.4 Å². The molecule has 2 N–H and O–H groups in total. The lowest BCUT2D eigenvalue weighted by molar-refractivity contribution is -0.148. The van der Waals surface area contributed by atoms with Crippen LogP contribution in [0.4, 0.5) is 0 Å². The molecule has 1 unspecified atom stereocenters. The van der Waals surface area contributed by atoms with E-state index in [-0.39, 0.29) is 25.2 Å². The first-order valence-electron chi connectivity index (χ1n) is 7.39. The highest BCUT2D eigenvalue weighted by Crippen LogP contribution is 2.18. The first kappa shape index (κ1) is 20.5. The van der Waals surface area contributed by atoms with E-state index in [1.165, 1.54) is 14.2 Å². The van der Waals surface area contributed by atoms with Crippen molar-refractivity contribution in [2.24, 2.45) is 0 Å². The molecule has 0 rings (SSSR count). The van der Waals surface area contributed by atoms with E-state index in [4.69, 9.17) is 0 Å². The van der Waals surface area contributed by atoms with Crippen LogP contribution in [0, 0.1) is 0 Å². The van der Waals surface area contributed by atoms with E-state index in [0.717, 1.165) is 12.8 Å². The van der Waals surface area contributed by atoms with Gasteiger partial charge in [-0.25, -0.2) is 0 Å². The Morgan fingerprint density at radius 2 is 1.36 bits per heavy atom. The van der Waals surface area contributed by atoms with Gasteiger partial charge in [-0.3, -0.25) is 14.4 Å². The number of aliphatic hydroxyl groups excluding tert-OH is 1. The summed E-state index contributed by atoms with van der Waals surface area (Å²) in [7, 11) is 2.56. The third-order valence-electron chi connectivity index (χ3n) is 3.51. The van der Waals surface area contributed by atoms with Crippen molar-refractivity contribution < 1.29 is 34.1 Å². The number of carbonyl (C=O) groups is 3. The second-order valence-corrected chi connectivity index (χ2v) is 5.18. The highest BCUT2D eigenvalue weighted by molar-refractivity contribution is 5.87. The van der Waals surface area contributed by atoms with Gasteiger partial charge in [-0.2, -0.15) is 0 Å². The highest BCUT2D eigenvalue weighted by Gasteiger charge is 2.34. The van der Waals surface area contributed by atoms with Crippen LogP contribution in [-0.4, -0.2) is 54.4 Å². The summed E-state index contributed by atoms with van der Waals surface area (Å²) in [6.45, 7) is -0.717. The summed E-state index contributed by atoms with van der Waals surface area (Å²) in [6, 6.07) is 0. The van der Waals surface area contributed by atoms with Gasteiger partial charge in [0.1, 0.15) is 5.60 Å². The first-order valence-corrected chi connectivity index (χ1v) is 7.39. The SMILES string of the molecule is COC(=O)CCCCCCC(=O)C(O)(CO)CCC(=O)OC. The van der Waals surface area contributed by atoms with Gasteiger partial charge in [0.05, 0.1) is 20.8 Å². The fourth-order valence-electron chi connectivity index (χ4n) is 1.96. The Morgan fingerprint density at radius 3 is 1.86 bits per heavy atom. The molecule has 7 heteroatoms. The topological polar surface area (TPSA) is 110 Å². The minimum absolute atomic E-state index is 0.121. The molecule has 0 bridgehead atoms. The van der Waals surface area contributed by atoms with E-state index in [1.54, 1.807) is 0 Å². The van der Waals surface area contributed by atoms with E-state index >= 15 is 0 Å². The summed E-state index contributed by atoms with van der Waals surface area (Å²) >= 11 is 0. The lowest BCUT2D eigenvalue weighted by Gasteiger charge is -2.23. The second-order valence-electron chi connectivity index (χ2n) is 5.18. The van der Waals surface area contributed by atoms with Crippen molar-refractivity contribution in [2.75, 3.05) is 20.8 Å². The molecular weight excluding hydrogens is 292 g/mol. The van der Waals surface area contributed by atoms with Crippen LogP contribution in [0.3, 0.4) is 0 Å². The van der Waals surface area contributed by atoms with Crippen LogP contribution in [0.5, 0.6) is 0 Å². The summed E-state index contributed by atoms with van der Waals surface area (Å²) in [5.41, 5.74) is -1.89. The predicted octanol–water partition coefficient (Wildman–Crippen LogP) is 0.746. The quantitative estimate of drug-likeness (QED) is 0.403. The summed E-state index contributed by atoms with van der Waals surface area (Å²) < 4.78 is 8.96. The lowest BCUT2D eigenvalue weighted by atomic mass is 9.90. The van der Waals surface area contributed by atoms with Gasteiger partial charge in [-0.05, 0) is 19.3 Å². The summed E-state index contributed by atoms with van der Waals surface area (Å²) in [4.78, 5) is 33.9. The minimum Gasteiger partial charge on any atom is -0.469 e. The van der Waals surface area contributed by atoms with E-state index in [2.05, 4.69) is 9.47 Å². The average Bonchev–Trinajstić information content (AvgIpc) is 2.54. The zero-order valence-electron chi connectivity index (χ0n) is 13.3. The van der Waals surface area contributed by atoms with Gasteiger partial charge in [0.25, 0.3) is 0 Å². The van der Waals surface area contributed by atoms with Crippen LogP contribution in [-0.2, 0) is 23.9 Å². The van der Waals surface area contributed by atoms with Crippen molar-refractivity contribution in [1.82, 2.24) is 0 Å². The zero-order chi connectivity index (χ0) is 17.0. The normalized spacial score (nSPS) is 13.3. The predicted molar refractivity (Wildman–Crippen MR) is 78.0 cm³/mol. The van der Waals surface area contributed by atoms with Crippen molar-refractivity contribution in [2.45, 2.75) is 57.0 Å². The van der Waals surface area contributed by atoms with Gasteiger partial charge in [0, 0.05) is 19.3 Å². The molecule has 0 heterocycles. The Kier molecular flexibility index (Phi) is 10.4. The van der Waals surface area contributed by atoms with Gasteiger partial charge in [-0.1, -0.05) is 12.8 Å². The number of ether oxygens (including phenoxy) is 2. The Hall–Kier alpha value is -1.47. The molecule has 1 atom stereocenters.